The van der Waals surface area contributed by atoms with Gasteiger partial charge in [0.2, 0.25) is 0 Å². The van der Waals surface area contributed by atoms with Gasteiger partial charge in [0.1, 0.15) is 23.8 Å². The maximum absolute atomic E-state index is 13.7. The smallest absolute Gasteiger partial charge is 0.254 e. The highest BCUT2D eigenvalue weighted by molar-refractivity contribution is 5.94. The molecule has 9 heteroatoms. The SMILES string of the molecule is O=C(NCCn1ncc2c(NCc3ccc(F)cc3)ncnc21)c1ccccc1F. The molecule has 0 fully saturated rings. The van der Waals surface area contributed by atoms with Crippen LogP contribution in [0, 0.1) is 11.6 Å². The molecule has 2 heterocycles. The molecule has 4 aromatic rings. The highest BCUT2D eigenvalue weighted by atomic mass is 19.1. The molecular weight excluding hydrogens is 390 g/mol. The van der Waals surface area contributed by atoms with E-state index in [1.54, 1.807) is 29.1 Å². The largest absolute Gasteiger partial charge is 0.365 e. The van der Waals surface area contributed by atoms with Gasteiger partial charge in [-0.25, -0.2) is 23.4 Å². The van der Waals surface area contributed by atoms with Gasteiger partial charge in [0.25, 0.3) is 5.91 Å². The monoisotopic (exact) mass is 408 g/mol. The summed E-state index contributed by atoms with van der Waals surface area (Å²) in [5.74, 6) is -0.734. The molecule has 0 atom stereocenters. The number of amides is 1. The summed E-state index contributed by atoms with van der Waals surface area (Å²) in [6.07, 6.45) is 3.06. The van der Waals surface area contributed by atoms with Crippen molar-refractivity contribution in [3.05, 3.63) is 83.8 Å². The molecule has 4 rings (SSSR count). The Morgan fingerprint density at radius 2 is 1.83 bits per heavy atom. The van der Waals surface area contributed by atoms with Crippen molar-refractivity contribution in [2.75, 3.05) is 11.9 Å². The zero-order valence-corrected chi connectivity index (χ0v) is 15.8. The first-order valence-electron chi connectivity index (χ1n) is 9.29. The summed E-state index contributed by atoms with van der Waals surface area (Å²) in [5, 5.41) is 10.9. The summed E-state index contributed by atoms with van der Waals surface area (Å²) in [6.45, 7) is 1.08. The molecule has 0 spiro atoms. The van der Waals surface area contributed by atoms with Crippen LogP contribution in [-0.4, -0.2) is 32.2 Å². The van der Waals surface area contributed by atoms with Gasteiger partial charge in [-0.3, -0.25) is 4.79 Å². The molecule has 30 heavy (non-hydrogen) atoms. The lowest BCUT2D eigenvalue weighted by atomic mass is 10.2. The number of fused-ring (bicyclic) bond motifs is 1. The number of halogens is 2. The van der Waals surface area contributed by atoms with Crippen molar-refractivity contribution in [2.45, 2.75) is 13.1 Å². The molecule has 1 amide bonds. The minimum atomic E-state index is -0.566. The van der Waals surface area contributed by atoms with Gasteiger partial charge >= 0.3 is 0 Å². The number of carbonyl (C=O) groups is 1. The van der Waals surface area contributed by atoms with E-state index >= 15 is 0 Å². The first-order valence-corrected chi connectivity index (χ1v) is 9.29. The van der Waals surface area contributed by atoms with Crippen LogP contribution in [0.3, 0.4) is 0 Å². The number of aromatic nitrogens is 4. The molecule has 0 unspecified atom stereocenters. The number of rotatable bonds is 7. The minimum Gasteiger partial charge on any atom is -0.365 e. The molecule has 0 saturated heterocycles. The molecule has 0 aliphatic rings. The molecule has 2 aromatic heterocycles. The summed E-state index contributed by atoms with van der Waals surface area (Å²) in [4.78, 5) is 20.6. The molecule has 0 radical (unpaired) electrons. The molecule has 2 aromatic carbocycles. The Hall–Kier alpha value is -3.88. The van der Waals surface area contributed by atoms with Gasteiger partial charge in [0.05, 0.1) is 23.7 Å². The van der Waals surface area contributed by atoms with Crippen molar-refractivity contribution in [3.8, 4) is 0 Å². The van der Waals surface area contributed by atoms with Crippen LogP contribution in [0.2, 0.25) is 0 Å². The van der Waals surface area contributed by atoms with Crippen LogP contribution in [-0.2, 0) is 13.1 Å². The number of anilines is 1. The van der Waals surface area contributed by atoms with Gasteiger partial charge in [-0.2, -0.15) is 5.10 Å². The van der Waals surface area contributed by atoms with E-state index in [4.69, 9.17) is 0 Å². The molecule has 7 nitrogen and oxygen atoms in total. The Bertz CT molecular complexity index is 1180. The Morgan fingerprint density at radius 3 is 2.63 bits per heavy atom. The second-order valence-electron chi connectivity index (χ2n) is 6.54. The maximum atomic E-state index is 13.7. The van der Waals surface area contributed by atoms with Gasteiger partial charge < -0.3 is 10.6 Å². The van der Waals surface area contributed by atoms with Crippen LogP contribution >= 0.6 is 0 Å². The van der Waals surface area contributed by atoms with Gasteiger partial charge in [0.15, 0.2) is 5.65 Å². The van der Waals surface area contributed by atoms with E-state index in [2.05, 4.69) is 25.7 Å². The second-order valence-corrected chi connectivity index (χ2v) is 6.54. The summed E-state index contributed by atoms with van der Waals surface area (Å²) in [5.41, 5.74) is 1.51. The average molecular weight is 408 g/mol. The fourth-order valence-corrected chi connectivity index (χ4v) is 3.00. The van der Waals surface area contributed by atoms with Crippen LogP contribution < -0.4 is 10.6 Å². The van der Waals surface area contributed by atoms with Gasteiger partial charge in [-0.15, -0.1) is 0 Å². The van der Waals surface area contributed by atoms with Crippen molar-refractivity contribution in [3.63, 3.8) is 0 Å². The zero-order chi connectivity index (χ0) is 20.9. The first-order chi connectivity index (χ1) is 14.6. The van der Waals surface area contributed by atoms with E-state index in [9.17, 15) is 13.6 Å². The van der Waals surface area contributed by atoms with E-state index in [1.807, 2.05) is 0 Å². The molecule has 0 saturated carbocycles. The molecule has 0 aliphatic carbocycles. The van der Waals surface area contributed by atoms with E-state index in [0.717, 1.165) is 10.9 Å². The van der Waals surface area contributed by atoms with Crippen molar-refractivity contribution in [1.29, 1.82) is 0 Å². The number of nitrogens with zero attached hydrogens (tertiary/aromatic N) is 4. The van der Waals surface area contributed by atoms with Crippen molar-refractivity contribution >= 4 is 22.8 Å². The third-order valence-electron chi connectivity index (χ3n) is 4.53. The number of hydrogen-bond donors (Lipinski definition) is 2. The molecule has 152 valence electrons. The fourth-order valence-electron chi connectivity index (χ4n) is 3.00. The van der Waals surface area contributed by atoms with E-state index in [-0.39, 0.29) is 17.9 Å². The van der Waals surface area contributed by atoms with E-state index in [1.165, 1.54) is 36.7 Å². The Balaban J connectivity index is 1.41. The second kappa shape index (κ2) is 8.64. The van der Waals surface area contributed by atoms with Crippen LogP contribution in [0.5, 0.6) is 0 Å². The summed E-state index contributed by atoms with van der Waals surface area (Å²) in [7, 11) is 0. The third-order valence-corrected chi connectivity index (χ3v) is 4.53. The summed E-state index contributed by atoms with van der Waals surface area (Å²) in [6, 6.07) is 12.0. The van der Waals surface area contributed by atoms with Crippen LogP contribution in [0.25, 0.3) is 11.0 Å². The minimum absolute atomic E-state index is 0.00238. The highest BCUT2D eigenvalue weighted by Crippen LogP contribution is 2.19. The number of nitrogens with one attached hydrogen (secondary N) is 2. The maximum Gasteiger partial charge on any atom is 0.254 e. The van der Waals surface area contributed by atoms with Crippen LogP contribution in [0.4, 0.5) is 14.6 Å². The summed E-state index contributed by atoms with van der Waals surface area (Å²) >= 11 is 0. The lowest BCUT2D eigenvalue weighted by Crippen LogP contribution is -2.28. The topological polar surface area (TPSA) is 84.7 Å². The van der Waals surface area contributed by atoms with Crippen LogP contribution in [0.1, 0.15) is 15.9 Å². The number of hydrogen-bond acceptors (Lipinski definition) is 5. The molecular formula is C21H18F2N6O. The average Bonchev–Trinajstić information content (AvgIpc) is 3.17. The molecule has 0 bridgehead atoms. The van der Waals surface area contributed by atoms with Crippen LogP contribution in [0.15, 0.2) is 61.1 Å². The van der Waals surface area contributed by atoms with E-state index in [0.29, 0.717) is 24.6 Å². The standard InChI is InChI=1S/C21H18F2N6O/c22-15-7-5-14(6-8-15)11-25-19-17-12-28-29(20(17)27-13-26-19)10-9-24-21(30)16-3-1-2-4-18(16)23/h1-8,12-13H,9-11H2,(H,24,30)(H,25,26,27). The summed E-state index contributed by atoms with van der Waals surface area (Å²) < 4.78 is 28.4. The Labute approximate surface area is 170 Å². The van der Waals surface area contributed by atoms with Gasteiger partial charge in [-0.1, -0.05) is 24.3 Å². The van der Waals surface area contributed by atoms with Crippen molar-refractivity contribution in [1.82, 2.24) is 25.1 Å². The predicted octanol–water partition coefficient (Wildman–Crippen LogP) is 3.15. The quantitative estimate of drug-likeness (QED) is 0.491. The third kappa shape index (κ3) is 4.24. The lowest BCUT2D eigenvalue weighted by Gasteiger charge is -2.08. The normalized spacial score (nSPS) is 10.9. The predicted molar refractivity (Wildman–Crippen MR) is 108 cm³/mol. The highest BCUT2D eigenvalue weighted by Gasteiger charge is 2.12. The van der Waals surface area contributed by atoms with Crippen molar-refractivity contribution in [2.24, 2.45) is 0 Å². The van der Waals surface area contributed by atoms with Gasteiger partial charge in [-0.05, 0) is 29.8 Å². The van der Waals surface area contributed by atoms with Crippen molar-refractivity contribution < 1.29 is 13.6 Å². The molecule has 0 aliphatic heterocycles. The molecule has 2 N–H and O–H groups in total. The number of benzene rings is 2. The fraction of sp³-hybridized carbons (Fsp3) is 0.143. The first kappa shape index (κ1) is 19.4. The van der Waals surface area contributed by atoms with E-state index < -0.39 is 11.7 Å². The Morgan fingerprint density at radius 1 is 1.03 bits per heavy atom. The number of carbonyl (C=O) groups excluding carboxylic acids is 1. The lowest BCUT2D eigenvalue weighted by molar-refractivity contribution is 0.0948. The zero-order valence-electron chi connectivity index (χ0n) is 15.8. The Kier molecular flexibility index (Phi) is 5.60. The van der Waals surface area contributed by atoms with Gasteiger partial charge in [0, 0.05) is 13.1 Å².